The number of carbonyl (C=O) groups is 1. The first-order valence-electron chi connectivity index (χ1n) is 6.53. The molecule has 0 aliphatic carbocycles. The van der Waals surface area contributed by atoms with Gasteiger partial charge in [0.25, 0.3) is 0 Å². The molecule has 1 amide bonds. The van der Waals surface area contributed by atoms with Crippen molar-refractivity contribution in [2.45, 2.75) is 4.90 Å². The molecule has 0 aliphatic heterocycles. The topological polar surface area (TPSA) is 47.6 Å². The Bertz CT molecular complexity index is 664. The molecule has 0 aliphatic rings. The Morgan fingerprint density at radius 1 is 1.18 bits per heavy atom. The Labute approximate surface area is 132 Å². The predicted molar refractivity (Wildman–Crippen MR) is 85.3 cm³/mol. The van der Waals surface area contributed by atoms with Crippen LogP contribution < -0.4 is 14.8 Å². The van der Waals surface area contributed by atoms with E-state index in [0.29, 0.717) is 22.1 Å². The van der Waals surface area contributed by atoms with Gasteiger partial charge in [0.15, 0.2) is 0 Å². The Hall–Kier alpha value is -2.21. The summed E-state index contributed by atoms with van der Waals surface area (Å²) < 4.78 is 23.8. The molecule has 0 unspecified atom stereocenters. The number of halogens is 1. The minimum Gasteiger partial charge on any atom is -0.497 e. The van der Waals surface area contributed by atoms with E-state index in [2.05, 4.69) is 5.32 Å². The van der Waals surface area contributed by atoms with Gasteiger partial charge in [0.05, 0.1) is 25.7 Å². The summed E-state index contributed by atoms with van der Waals surface area (Å²) in [4.78, 5) is 12.4. The monoisotopic (exact) mass is 321 g/mol. The molecule has 0 bridgehead atoms. The first-order chi connectivity index (χ1) is 10.6. The van der Waals surface area contributed by atoms with Crippen LogP contribution in [0.4, 0.5) is 10.1 Å². The lowest BCUT2D eigenvalue weighted by Crippen LogP contribution is -2.14. The average Bonchev–Trinajstić information content (AvgIpc) is 2.54. The zero-order chi connectivity index (χ0) is 15.9. The molecule has 2 aromatic carbocycles. The number of amides is 1. The van der Waals surface area contributed by atoms with Crippen LogP contribution in [0.1, 0.15) is 0 Å². The number of thioether (sulfide) groups is 1. The molecule has 6 heteroatoms. The van der Waals surface area contributed by atoms with E-state index in [1.165, 1.54) is 13.2 Å². The van der Waals surface area contributed by atoms with Gasteiger partial charge in [-0.15, -0.1) is 11.8 Å². The van der Waals surface area contributed by atoms with Crippen molar-refractivity contribution < 1.29 is 18.7 Å². The molecule has 1 N–H and O–H groups in total. The lowest BCUT2D eigenvalue weighted by Gasteiger charge is -2.11. The van der Waals surface area contributed by atoms with Crippen molar-refractivity contribution in [2.24, 2.45) is 0 Å². The maximum absolute atomic E-state index is 13.5. The van der Waals surface area contributed by atoms with Gasteiger partial charge in [-0.05, 0) is 24.3 Å². The number of nitrogens with one attached hydrogen (secondary N) is 1. The van der Waals surface area contributed by atoms with Crippen molar-refractivity contribution in [1.29, 1.82) is 0 Å². The number of hydrogen-bond donors (Lipinski definition) is 1. The summed E-state index contributed by atoms with van der Waals surface area (Å²) in [6.07, 6.45) is 0. The van der Waals surface area contributed by atoms with E-state index in [9.17, 15) is 9.18 Å². The van der Waals surface area contributed by atoms with Gasteiger partial charge in [0.1, 0.15) is 17.3 Å². The number of anilines is 1. The normalized spacial score (nSPS) is 10.1. The third-order valence-electron chi connectivity index (χ3n) is 2.88. The predicted octanol–water partition coefficient (Wildman–Crippen LogP) is 3.57. The van der Waals surface area contributed by atoms with E-state index in [0.717, 1.165) is 11.8 Å². The van der Waals surface area contributed by atoms with Crippen molar-refractivity contribution >= 4 is 23.4 Å². The van der Waals surface area contributed by atoms with Gasteiger partial charge in [-0.25, -0.2) is 4.39 Å². The van der Waals surface area contributed by atoms with Crippen LogP contribution in [0.3, 0.4) is 0 Å². The average molecular weight is 321 g/mol. The molecule has 0 atom stereocenters. The third-order valence-corrected chi connectivity index (χ3v) is 3.93. The summed E-state index contributed by atoms with van der Waals surface area (Å²) in [7, 11) is 3.07. The summed E-state index contributed by atoms with van der Waals surface area (Å²) in [6.45, 7) is 0. The molecule has 0 radical (unpaired) electrons. The highest BCUT2D eigenvalue weighted by Crippen LogP contribution is 2.29. The fourth-order valence-corrected chi connectivity index (χ4v) is 2.53. The Kier molecular flexibility index (Phi) is 5.66. The summed E-state index contributed by atoms with van der Waals surface area (Å²) in [5, 5.41) is 2.74. The quantitative estimate of drug-likeness (QED) is 0.826. The number of rotatable bonds is 6. The zero-order valence-corrected chi connectivity index (χ0v) is 13.1. The molecule has 116 valence electrons. The van der Waals surface area contributed by atoms with E-state index in [4.69, 9.17) is 9.47 Å². The molecular weight excluding hydrogens is 305 g/mol. The minimum absolute atomic E-state index is 0.107. The van der Waals surface area contributed by atoms with E-state index in [1.807, 2.05) is 0 Å². The van der Waals surface area contributed by atoms with Crippen molar-refractivity contribution in [1.82, 2.24) is 0 Å². The number of benzene rings is 2. The van der Waals surface area contributed by atoms with Gasteiger partial charge in [0.2, 0.25) is 5.91 Å². The fourth-order valence-electron chi connectivity index (χ4n) is 1.79. The maximum atomic E-state index is 13.5. The lowest BCUT2D eigenvalue weighted by atomic mass is 10.2. The van der Waals surface area contributed by atoms with Crippen molar-refractivity contribution in [3.05, 3.63) is 48.3 Å². The Morgan fingerprint density at radius 2 is 1.95 bits per heavy atom. The van der Waals surface area contributed by atoms with Crippen LogP contribution in [0.25, 0.3) is 0 Å². The van der Waals surface area contributed by atoms with E-state index < -0.39 is 0 Å². The highest BCUT2D eigenvalue weighted by atomic mass is 32.2. The molecule has 4 nitrogen and oxygen atoms in total. The molecular formula is C16H16FNO3S. The molecule has 22 heavy (non-hydrogen) atoms. The van der Waals surface area contributed by atoms with Gasteiger partial charge in [-0.3, -0.25) is 4.79 Å². The number of hydrogen-bond acceptors (Lipinski definition) is 4. The Morgan fingerprint density at radius 3 is 2.64 bits per heavy atom. The first-order valence-corrected chi connectivity index (χ1v) is 7.52. The second kappa shape index (κ2) is 7.70. The SMILES string of the molecule is COc1ccc(NC(=O)CSc2ccccc2F)c(OC)c1. The molecule has 2 aromatic rings. The minimum atomic E-state index is -0.331. The van der Waals surface area contributed by atoms with Gasteiger partial charge in [-0.1, -0.05) is 12.1 Å². The molecule has 0 fully saturated rings. The smallest absolute Gasteiger partial charge is 0.234 e. The fraction of sp³-hybridized carbons (Fsp3) is 0.188. The largest absolute Gasteiger partial charge is 0.497 e. The van der Waals surface area contributed by atoms with E-state index in [1.54, 1.807) is 43.5 Å². The van der Waals surface area contributed by atoms with Gasteiger partial charge < -0.3 is 14.8 Å². The summed E-state index contributed by atoms with van der Waals surface area (Å²) in [5.74, 6) is 0.675. The van der Waals surface area contributed by atoms with Gasteiger partial charge in [0, 0.05) is 11.0 Å². The van der Waals surface area contributed by atoms with Crippen LogP contribution in [0.15, 0.2) is 47.4 Å². The van der Waals surface area contributed by atoms with Gasteiger partial charge in [-0.2, -0.15) is 0 Å². The summed E-state index contributed by atoms with van der Waals surface area (Å²) in [6, 6.07) is 11.5. The molecule has 0 heterocycles. The maximum Gasteiger partial charge on any atom is 0.234 e. The standard InChI is InChI=1S/C16H16FNO3S/c1-20-11-7-8-13(14(9-11)21-2)18-16(19)10-22-15-6-4-3-5-12(15)17/h3-9H,10H2,1-2H3,(H,18,19). The highest BCUT2D eigenvalue weighted by Gasteiger charge is 2.10. The van der Waals surface area contributed by atoms with Gasteiger partial charge >= 0.3 is 0 Å². The number of carbonyl (C=O) groups excluding carboxylic acids is 1. The zero-order valence-electron chi connectivity index (χ0n) is 12.3. The number of ether oxygens (including phenoxy) is 2. The van der Waals surface area contributed by atoms with Crippen molar-refractivity contribution in [3.8, 4) is 11.5 Å². The van der Waals surface area contributed by atoms with Crippen LogP contribution in [0.2, 0.25) is 0 Å². The first kappa shape index (κ1) is 16.2. The molecule has 0 spiro atoms. The van der Waals surface area contributed by atoms with E-state index >= 15 is 0 Å². The van der Waals surface area contributed by atoms with Crippen LogP contribution in [-0.2, 0) is 4.79 Å². The Balaban J connectivity index is 1.99. The molecule has 2 rings (SSSR count). The molecule has 0 saturated heterocycles. The molecule has 0 aromatic heterocycles. The number of methoxy groups -OCH3 is 2. The van der Waals surface area contributed by atoms with Crippen LogP contribution >= 0.6 is 11.8 Å². The molecule has 0 saturated carbocycles. The van der Waals surface area contributed by atoms with Crippen LogP contribution in [0, 0.1) is 5.82 Å². The van der Waals surface area contributed by atoms with Crippen molar-refractivity contribution in [2.75, 3.05) is 25.3 Å². The van der Waals surface area contributed by atoms with Crippen molar-refractivity contribution in [3.63, 3.8) is 0 Å². The summed E-state index contributed by atoms with van der Waals surface area (Å²) in [5.41, 5.74) is 0.544. The van der Waals surface area contributed by atoms with Crippen LogP contribution in [-0.4, -0.2) is 25.9 Å². The second-order valence-corrected chi connectivity index (χ2v) is 5.35. The third kappa shape index (κ3) is 4.14. The highest BCUT2D eigenvalue weighted by molar-refractivity contribution is 8.00. The lowest BCUT2D eigenvalue weighted by molar-refractivity contribution is -0.113. The van der Waals surface area contributed by atoms with Crippen LogP contribution in [0.5, 0.6) is 11.5 Å². The summed E-state index contributed by atoms with van der Waals surface area (Å²) >= 11 is 1.14. The second-order valence-electron chi connectivity index (χ2n) is 4.33. The van der Waals surface area contributed by atoms with E-state index in [-0.39, 0.29) is 17.5 Å².